The van der Waals surface area contributed by atoms with Crippen LogP contribution in [0.15, 0.2) is 28.7 Å². The van der Waals surface area contributed by atoms with E-state index >= 15 is 0 Å². The van der Waals surface area contributed by atoms with Crippen LogP contribution in [0.25, 0.3) is 11.5 Å². The summed E-state index contributed by atoms with van der Waals surface area (Å²) in [7, 11) is 1.62. The summed E-state index contributed by atoms with van der Waals surface area (Å²) in [6.45, 7) is 3.51. The largest absolute Gasteiger partial charge is 0.496 e. The highest BCUT2D eigenvalue weighted by molar-refractivity contribution is 5.76. The average molecular weight is 329 g/mol. The Morgan fingerprint density at radius 2 is 2.21 bits per heavy atom. The molecular formula is C18H23N3O3. The summed E-state index contributed by atoms with van der Waals surface area (Å²) in [4.78, 5) is 14.0. The Morgan fingerprint density at radius 3 is 3.00 bits per heavy atom. The van der Waals surface area contributed by atoms with Gasteiger partial charge in [-0.15, -0.1) is 10.2 Å². The van der Waals surface area contributed by atoms with Crippen molar-refractivity contribution in [3.63, 3.8) is 0 Å². The van der Waals surface area contributed by atoms with Crippen LogP contribution in [-0.4, -0.2) is 41.2 Å². The van der Waals surface area contributed by atoms with Crippen molar-refractivity contribution in [1.82, 2.24) is 15.1 Å². The van der Waals surface area contributed by atoms with Crippen LogP contribution in [0.1, 0.15) is 44.4 Å². The maximum atomic E-state index is 12.1. The van der Waals surface area contributed by atoms with Gasteiger partial charge in [0, 0.05) is 19.5 Å². The summed E-state index contributed by atoms with van der Waals surface area (Å²) in [5, 5.41) is 8.40. The Bertz CT molecular complexity index is 698. The predicted octanol–water partition coefficient (Wildman–Crippen LogP) is 3.25. The first-order chi connectivity index (χ1) is 11.7. The van der Waals surface area contributed by atoms with Crippen molar-refractivity contribution in [2.45, 2.75) is 38.5 Å². The summed E-state index contributed by atoms with van der Waals surface area (Å²) in [5.41, 5.74) is 0.786. The fraction of sp³-hybridized carbons (Fsp3) is 0.500. The molecule has 0 unspecified atom stereocenters. The molecule has 6 nitrogen and oxygen atoms in total. The van der Waals surface area contributed by atoms with Gasteiger partial charge < -0.3 is 14.1 Å². The number of hydrogen-bond acceptors (Lipinski definition) is 5. The van der Waals surface area contributed by atoms with Gasteiger partial charge in [0.05, 0.1) is 18.6 Å². The van der Waals surface area contributed by atoms with E-state index in [2.05, 4.69) is 10.2 Å². The summed E-state index contributed by atoms with van der Waals surface area (Å²) in [6.07, 6.45) is 3.40. The van der Waals surface area contributed by atoms with E-state index in [1.165, 1.54) is 0 Å². The minimum absolute atomic E-state index is 0.107. The molecule has 1 amide bonds. The van der Waals surface area contributed by atoms with Crippen LogP contribution in [0.4, 0.5) is 0 Å². The number of rotatable bonds is 5. The molecule has 6 heteroatoms. The quantitative estimate of drug-likeness (QED) is 0.842. The van der Waals surface area contributed by atoms with Gasteiger partial charge in [-0.1, -0.05) is 19.1 Å². The van der Waals surface area contributed by atoms with Gasteiger partial charge in [-0.05, 0) is 31.4 Å². The maximum Gasteiger partial charge on any atom is 0.251 e. The number of nitrogens with zero attached hydrogens (tertiary/aromatic N) is 3. The Balaban J connectivity index is 1.76. The molecule has 1 aromatic carbocycles. The second-order valence-corrected chi connectivity index (χ2v) is 6.07. The van der Waals surface area contributed by atoms with Gasteiger partial charge >= 0.3 is 0 Å². The van der Waals surface area contributed by atoms with E-state index in [4.69, 9.17) is 9.15 Å². The van der Waals surface area contributed by atoms with E-state index in [1.807, 2.05) is 36.1 Å². The van der Waals surface area contributed by atoms with Crippen molar-refractivity contribution < 1.29 is 13.9 Å². The van der Waals surface area contributed by atoms with Gasteiger partial charge in [0.1, 0.15) is 5.75 Å². The fourth-order valence-corrected chi connectivity index (χ4v) is 3.11. The molecule has 0 saturated carbocycles. The third-order valence-electron chi connectivity index (χ3n) is 4.37. The molecular weight excluding hydrogens is 306 g/mol. The van der Waals surface area contributed by atoms with Crippen LogP contribution >= 0.6 is 0 Å². The van der Waals surface area contributed by atoms with Gasteiger partial charge in [0.2, 0.25) is 11.8 Å². The Kier molecular flexibility index (Phi) is 5.13. The number of aromatic nitrogens is 2. The number of hydrogen-bond donors (Lipinski definition) is 0. The normalized spacial score (nSPS) is 17.8. The summed E-state index contributed by atoms with van der Waals surface area (Å²) < 4.78 is 11.2. The predicted molar refractivity (Wildman–Crippen MR) is 89.7 cm³/mol. The van der Waals surface area contributed by atoms with Gasteiger partial charge in [-0.25, -0.2) is 0 Å². The third-order valence-corrected chi connectivity index (χ3v) is 4.37. The molecule has 0 aliphatic carbocycles. The number of amides is 1. The second kappa shape index (κ2) is 7.47. The average Bonchev–Trinajstić information content (AvgIpc) is 3.12. The number of methoxy groups -OCH3 is 1. The van der Waals surface area contributed by atoms with Crippen molar-refractivity contribution in [2.24, 2.45) is 0 Å². The topological polar surface area (TPSA) is 68.5 Å². The summed E-state index contributed by atoms with van der Waals surface area (Å²) in [5.74, 6) is 2.09. The smallest absolute Gasteiger partial charge is 0.251 e. The van der Waals surface area contributed by atoms with Gasteiger partial charge in [0.25, 0.3) is 5.89 Å². The van der Waals surface area contributed by atoms with E-state index in [1.54, 1.807) is 7.11 Å². The van der Waals surface area contributed by atoms with Crippen molar-refractivity contribution in [1.29, 1.82) is 0 Å². The molecule has 2 aromatic rings. The Labute approximate surface area is 141 Å². The number of carbonyl (C=O) groups is 1. The van der Waals surface area contributed by atoms with Crippen molar-refractivity contribution in [3.8, 4) is 17.2 Å². The van der Waals surface area contributed by atoms with E-state index < -0.39 is 0 Å². The second-order valence-electron chi connectivity index (χ2n) is 6.07. The molecule has 1 saturated heterocycles. The highest BCUT2D eigenvalue weighted by Gasteiger charge is 2.28. The van der Waals surface area contributed by atoms with Crippen molar-refractivity contribution >= 4 is 5.91 Å². The Morgan fingerprint density at radius 1 is 1.38 bits per heavy atom. The van der Waals surface area contributed by atoms with Crippen molar-refractivity contribution in [3.05, 3.63) is 30.2 Å². The van der Waals surface area contributed by atoms with E-state index in [9.17, 15) is 4.79 Å². The number of carbonyl (C=O) groups excluding carboxylic acids is 1. The molecule has 0 spiro atoms. The molecule has 1 aliphatic heterocycles. The monoisotopic (exact) mass is 329 g/mol. The first kappa shape index (κ1) is 16.5. The van der Waals surface area contributed by atoms with E-state index in [0.29, 0.717) is 30.5 Å². The van der Waals surface area contributed by atoms with Crippen LogP contribution in [0.3, 0.4) is 0 Å². The number of ether oxygens (including phenoxy) is 1. The SMILES string of the molecule is CCCC(=O)N1CCC[C@@H](c2nnc(-c3ccccc3OC)o2)C1. The molecule has 24 heavy (non-hydrogen) atoms. The molecule has 0 radical (unpaired) electrons. The highest BCUT2D eigenvalue weighted by atomic mass is 16.5. The zero-order chi connectivity index (χ0) is 16.9. The van der Waals surface area contributed by atoms with E-state index in [-0.39, 0.29) is 11.8 Å². The highest BCUT2D eigenvalue weighted by Crippen LogP contribution is 2.32. The molecule has 1 aliphatic rings. The van der Waals surface area contributed by atoms with Crippen molar-refractivity contribution in [2.75, 3.05) is 20.2 Å². The third kappa shape index (κ3) is 3.42. The molecule has 2 heterocycles. The zero-order valence-electron chi connectivity index (χ0n) is 14.2. The van der Waals surface area contributed by atoms with Gasteiger partial charge in [-0.3, -0.25) is 4.79 Å². The van der Waals surface area contributed by atoms with E-state index in [0.717, 1.165) is 31.4 Å². The summed E-state index contributed by atoms with van der Waals surface area (Å²) in [6, 6.07) is 7.57. The minimum Gasteiger partial charge on any atom is -0.496 e. The zero-order valence-corrected chi connectivity index (χ0v) is 14.2. The molecule has 1 fully saturated rings. The number of likely N-dealkylation sites (tertiary alicyclic amines) is 1. The lowest BCUT2D eigenvalue weighted by atomic mass is 9.97. The molecule has 1 aromatic heterocycles. The fourth-order valence-electron chi connectivity index (χ4n) is 3.11. The van der Waals surface area contributed by atoms with Crippen LogP contribution in [-0.2, 0) is 4.79 Å². The van der Waals surface area contributed by atoms with Crippen LogP contribution < -0.4 is 4.74 Å². The first-order valence-electron chi connectivity index (χ1n) is 8.47. The molecule has 1 atom stereocenters. The Hall–Kier alpha value is -2.37. The van der Waals surface area contributed by atoms with Gasteiger partial charge in [0.15, 0.2) is 0 Å². The number of piperidine rings is 1. The minimum atomic E-state index is 0.107. The summed E-state index contributed by atoms with van der Waals surface area (Å²) >= 11 is 0. The molecule has 0 N–H and O–H groups in total. The van der Waals surface area contributed by atoms with Gasteiger partial charge in [-0.2, -0.15) is 0 Å². The maximum absolute atomic E-state index is 12.1. The molecule has 3 rings (SSSR count). The number of benzene rings is 1. The van der Waals surface area contributed by atoms with Crippen LogP contribution in [0, 0.1) is 0 Å². The number of para-hydroxylation sites is 1. The standard InChI is InChI=1S/C18H23N3O3/c1-3-7-16(22)21-11-6-8-13(12-21)17-19-20-18(24-17)14-9-4-5-10-15(14)23-2/h4-5,9-10,13H,3,6-8,11-12H2,1-2H3/t13-/m1/s1. The lowest BCUT2D eigenvalue weighted by molar-refractivity contribution is -0.132. The van der Waals surface area contributed by atoms with Crippen LogP contribution in [0.2, 0.25) is 0 Å². The van der Waals surface area contributed by atoms with Crippen LogP contribution in [0.5, 0.6) is 5.75 Å². The molecule has 0 bridgehead atoms. The first-order valence-corrected chi connectivity index (χ1v) is 8.47. The lowest BCUT2D eigenvalue weighted by Crippen LogP contribution is -2.39. The molecule has 128 valence electrons. The lowest BCUT2D eigenvalue weighted by Gasteiger charge is -2.31.